The molecule has 2 N–H and O–H groups in total. The van der Waals surface area contributed by atoms with Gasteiger partial charge in [0.15, 0.2) is 0 Å². The largest absolute Gasteiger partial charge is 0.465 e. The van der Waals surface area contributed by atoms with Crippen LogP contribution in [0, 0.1) is 0 Å². The minimum atomic E-state index is -0.283. The average Bonchev–Trinajstić information content (AvgIpc) is 3.36. The molecule has 0 fully saturated rings. The normalized spacial score (nSPS) is 11.7. The second kappa shape index (κ2) is 10.3. The van der Waals surface area contributed by atoms with Gasteiger partial charge in [0.2, 0.25) is 0 Å². The lowest BCUT2D eigenvalue weighted by molar-refractivity contribution is -0.111. The summed E-state index contributed by atoms with van der Waals surface area (Å²) < 4.78 is 5.41. The van der Waals surface area contributed by atoms with Gasteiger partial charge in [-0.25, -0.2) is 0 Å². The zero-order valence-electron chi connectivity index (χ0n) is 20.0. The summed E-state index contributed by atoms with van der Waals surface area (Å²) in [6.45, 7) is 6.40. The van der Waals surface area contributed by atoms with Crippen molar-refractivity contribution >= 4 is 34.8 Å². The van der Waals surface area contributed by atoms with Crippen molar-refractivity contribution < 1.29 is 14.0 Å². The van der Waals surface area contributed by atoms with E-state index in [9.17, 15) is 9.59 Å². The summed E-state index contributed by atoms with van der Waals surface area (Å²) in [6.07, 6.45) is 3.27. The van der Waals surface area contributed by atoms with E-state index in [-0.39, 0.29) is 17.2 Å². The number of amides is 2. The highest BCUT2D eigenvalue weighted by molar-refractivity contribution is 6.29. The molecule has 2 amide bonds. The van der Waals surface area contributed by atoms with Crippen LogP contribution in [0.1, 0.15) is 48.0 Å². The van der Waals surface area contributed by atoms with Crippen LogP contribution in [0.15, 0.2) is 102 Å². The number of hydrogen-bond acceptors (Lipinski definition) is 3. The fourth-order valence-corrected chi connectivity index (χ4v) is 3.61. The molecule has 0 aliphatic heterocycles. The molecule has 5 heteroatoms. The third-order valence-electron chi connectivity index (χ3n) is 5.55. The van der Waals surface area contributed by atoms with Crippen LogP contribution in [0.4, 0.5) is 11.4 Å². The topological polar surface area (TPSA) is 71.3 Å². The predicted molar refractivity (Wildman–Crippen MR) is 141 cm³/mol. The monoisotopic (exact) mass is 464 g/mol. The minimum absolute atomic E-state index is 0.0194. The molecule has 0 aliphatic carbocycles. The maximum Gasteiger partial charge on any atom is 0.256 e. The van der Waals surface area contributed by atoms with E-state index in [4.69, 9.17) is 4.42 Å². The third kappa shape index (κ3) is 6.15. The van der Waals surface area contributed by atoms with E-state index in [0.29, 0.717) is 28.3 Å². The summed E-state index contributed by atoms with van der Waals surface area (Å²) in [4.78, 5) is 26.0. The van der Waals surface area contributed by atoms with Gasteiger partial charge in [-0.2, -0.15) is 0 Å². The van der Waals surface area contributed by atoms with Crippen molar-refractivity contribution in [3.8, 4) is 0 Å². The molecule has 0 aliphatic rings. The molecule has 0 spiro atoms. The van der Waals surface area contributed by atoms with Crippen molar-refractivity contribution in [1.29, 1.82) is 0 Å². The maximum absolute atomic E-state index is 13.2. The molecular formula is C30H28N2O3. The van der Waals surface area contributed by atoms with Crippen molar-refractivity contribution in [2.45, 2.75) is 26.2 Å². The van der Waals surface area contributed by atoms with Crippen LogP contribution < -0.4 is 10.6 Å². The third-order valence-corrected chi connectivity index (χ3v) is 5.55. The summed E-state index contributed by atoms with van der Waals surface area (Å²) in [5.74, 6) is 0.0861. The Balaban J connectivity index is 1.50. The number of carbonyl (C=O) groups is 2. The lowest BCUT2D eigenvalue weighted by Crippen LogP contribution is -2.15. The summed E-state index contributed by atoms with van der Waals surface area (Å²) in [5.41, 5.74) is 4.14. The van der Waals surface area contributed by atoms with Gasteiger partial charge < -0.3 is 15.1 Å². The first-order valence-corrected chi connectivity index (χ1v) is 11.4. The zero-order valence-corrected chi connectivity index (χ0v) is 20.0. The van der Waals surface area contributed by atoms with Crippen LogP contribution in [0.3, 0.4) is 0 Å². The van der Waals surface area contributed by atoms with E-state index >= 15 is 0 Å². The quantitative estimate of drug-likeness (QED) is 0.302. The van der Waals surface area contributed by atoms with Gasteiger partial charge in [-0.15, -0.1) is 0 Å². The standard InChI is InChI=1S/C30H28N2O3/c1-30(2,3)23-16-14-22(15-17-23)28(33)31-24-11-7-12-25(19-24)32-29(34)27(20-26-13-8-18-35-26)21-9-5-4-6-10-21/h4-20H,1-3H3,(H,31,33)(H,32,34)/b27-20-. The van der Waals surface area contributed by atoms with Crippen molar-refractivity contribution in [1.82, 2.24) is 0 Å². The Kier molecular flexibility index (Phi) is 6.97. The Hall–Kier alpha value is -4.38. The molecule has 0 bridgehead atoms. The molecule has 4 aromatic rings. The van der Waals surface area contributed by atoms with E-state index in [1.165, 1.54) is 0 Å². The van der Waals surface area contributed by atoms with Gasteiger partial charge in [-0.05, 0) is 65.1 Å². The van der Waals surface area contributed by atoms with Gasteiger partial charge in [0.05, 0.1) is 11.8 Å². The summed E-state index contributed by atoms with van der Waals surface area (Å²) in [6, 6.07) is 27.6. The van der Waals surface area contributed by atoms with Gasteiger partial charge in [-0.1, -0.05) is 69.3 Å². The molecule has 35 heavy (non-hydrogen) atoms. The van der Waals surface area contributed by atoms with Crippen molar-refractivity contribution in [2.75, 3.05) is 10.6 Å². The highest BCUT2D eigenvalue weighted by atomic mass is 16.3. The fraction of sp³-hybridized carbons (Fsp3) is 0.133. The second-order valence-electron chi connectivity index (χ2n) is 9.26. The molecule has 0 radical (unpaired) electrons. The number of anilines is 2. The number of benzene rings is 3. The molecular weight excluding hydrogens is 436 g/mol. The molecule has 0 saturated carbocycles. The van der Waals surface area contributed by atoms with Gasteiger partial charge >= 0.3 is 0 Å². The van der Waals surface area contributed by atoms with Crippen molar-refractivity contribution in [2.24, 2.45) is 0 Å². The first kappa shape index (κ1) is 23.8. The average molecular weight is 465 g/mol. The number of hydrogen-bond donors (Lipinski definition) is 2. The van der Waals surface area contributed by atoms with Gasteiger partial charge in [0.1, 0.15) is 5.76 Å². The highest BCUT2D eigenvalue weighted by Gasteiger charge is 2.16. The van der Waals surface area contributed by atoms with Crippen molar-refractivity contribution in [3.63, 3.8) is 0 Å². The van der Waals surface area contributed by atoms with E-state index in [1.807, 2.05) is 54.6 Å². The zero-order chi connectivity index (χ0) is 24.8. The Morgan fingerprint density at radius 2 is 1.43 bits per heavy atom. The molecule has 0 atom stereocenters. The molecule has 1 aromatic heterocycles. The van der Waals surface area contributed by atoms with Crippen LogP contribution in [0.5, 0.6) is 0 Å². The molecule has 0 unspecified atom stereocenters. The highest BCUT2D eigenvalue weighted by Crippen LogP contribution is 2.24. The maximum atomic E-state index is 13.2. The van der Waals surface area contributed by atoms with Crippen LogP contribution in [-0.4, -0.2) is 11.8 Å². The smallest absolute Gasteiger partial charge is 0.256 e. The second-order valence-corrected chi connectivity index (χ2v) is 9.26. The Bertz CT molecular complexity index is 1330. The number of carbonyl (C=O) groups excluding carboxylic acids is 2. The predicted octanol–water partition coefficient (Wildman–Crippen LogP) is 7.01. The lowest BCUT2D eigenvalue weighted by Gasteiger charge is -2.19. The van der Waals surface area contributed by atoms with Gasteiger partial charge in [0, 0.05) is 16.9 Å². The minimum Gasteiger partial charge on any atom is -0.465 e. The van der Waals surface area contributed by atoms with Gasteiger partial charge in [-0.3, -0.25) is 9.59 Å². The van der Waals surface area contributed by atoms with Crippen LogP contribution in [0.2, 0.25) is 0 Å². The fourth-order valence-electron chi connectivity index (χ4n) is 3.61. The number of rotatable bonds is 6. The van der Waals surface area contributed by atoms with Crippen LogP contribution in [-0.2, 0) is 10.2 Å². The van der Waals surface area contributed by atoms with E-state index in [1.54, 1.807) is 48.7 Å². The molecule has 5 nitrogen and oxygen atoms in total. The van der Waals surface area contributed by atoms with E-state index < -0.39 is 0 Å². The molecule has 3 aromatic carbocycles. The van der Waals surface area contributed by atoms with Crippen LogP contribution >= 0.6 is 0 Å². The molecule has 4 rings (SSSR count). The first-order chi connectivity index (χ1) is 16.8. The van der Waals surface area contributed by atoms with Crippen LogP contribution in [0.25, 0.3) is 11.6 Å². The van der Waals surface area contributed by atoms with Gasteiger partial charge in [0.25, 0.3) is 11.8 Å². The lowest BCUT2D eigenvalue weighted by atomic mass is 9.87. The summed E-state index contributed by atoms with van der Waals surface area (Å²) in [5, 5.41) is 5.84. The van der Waals surface area contributed by atoms with E-state index in [0.717, 1.165) is 11.1 Å². The van der Waals surface area contributed by atoms with E-state index in [2.05, 4.69) is 31.4 Å². The Morgan fingerprint density at radius 1 is 0.743 bits per heavy atom. The summed E-state index contributed by atoms with van der Waals surface area (Å²) >= 11 is 0. The SMILES string of the molecule is CC(C)(C)c1ccc(C(=O)Nc2cccc(NC(=O)/C(=C\c3ccco3)c3ccccc3)c2)cc1. The molecule has 1 heterocycles. The number of furan rings is 1. The Morgan fingerprint density at radius 3 is 2.06 bits per heavy atom. The first-order valence-electron chi connectivity index (χ1n) is 11.4. The Labute approximate surface area is 205 Å². The molecule has 176 valence electrons. The summed E-state index contributed by atoms with van der Waals surface area (Å²) in [7, 11) is 0. The molecule has 0 saturated heterocycles. The van der Waals surface area contributed by atoms with Crippen molar-refractivity contribution in [3.05, 3.63) is 120 Å². The number of nitrogens with one attached hydrogen (secondary N) is 2.